The van der Waals surface area contributed by atoms with Gasteiger partial charge in [0.25, 0.3) is 0 Å². The van der Waals surface area contributed by atoms with Gasteiger partial charge in [-0.15, -0.1) is 0 Å². The van der Waals surface area contributed by atoms with Gasteiger partial charge in [-0.25, -0.2) is 9.97 Å². The van der Waals surface area contributed by atoms with Crippen LogP contribution in [0.3, 0.4) is 0 Å². The van der Waals surface area contributed by atoms with Gasteiger partial charge in [0.05, 0.1) is 17.6 Å². The van der Waals surface area contributed by atoms with Crippen molar-refractivity contribution in [3.05, 3.63) is 48.5 Å². The van der Waals surface area contributed by atoms with Crippen LogP contribution in [0.5, 0.6) is 0 Å². The number of nitrogens with zero attached hydrogens (tertiary/aromatic N) is 4. The summed E-state index contributed by atoms with van der Waals surface area (Å²) in [6.45, 7) is 2.23. The van der Waals surface area contributed by atoms with Crippen molar-refractivity contribution in [2.45, 2.75) is 12.8 Å². The summed E-state index contributed by atoms with van der Waals surface area (Å²) in [4.78, 5) is 13.4. The van der Waals surface area contributed by atoms with Crippen molar-refractivity contribution >= 4 is 5.78 Å². The molecule has 1 saturated heterocycles. The molecule has 4 rings (SSSR count). The lowest BCUT2D eigenvalue weighted by Gasteiger charge is -2.08. The highest BCUT2D eigenvalue weighted by Gasteiger charge is 2.16. The van der Waals surface area contributed by atoms with Gasteiger partial charge in [0.15, 0.2) is 0 Å². The number of aromatic nitrogens is 4. The molecule has 0 aromatic carbocycles. The number of rotatable bonds is 3. The van der Waals surface area contributed by atoms with Crippen molar-refractivity contribution in [3.8, 4) is 11.4 Å². The van der Waals surface area contributed by atoms with E-state index in [1.54, 1.807) is 6.20 Å². The predicted molar refractivity (Wildman–Crippen MR) is 80.9 cm³/mol. The molecule has 106 valence electrons. The first-order valence-corrected chi connectivity index (χ1v) is 7.35. The van der Waals surface area contributed by atoms with Crippen molar-refractivity contribution in [2.24, 2.45) is 5.92 Å². The quantitative estimate of drug-likeness (QED) is 0.796. The summed E-state index contributed by atoms with van der Waals surface area (Å²) in [6, 6.07) is 8.14. The van der Waals surface area contributed by atoms with Crippen molar-refractivity contribution < 1.29 is 0 Å². The molecule has 0 saturated carbocycles. The van der Waals surface area contributed by atoms with Crippen molar-refractivity contribution in [1.29, 1.82) is 0 Å². The van der Waals surface area contributed by atoms with Gasteiger partial charge in [-0.2, -0.15) is 0 Å². The van der Waals surface area contributed by atoms with Crippen molar-refractivity contribution in [2.75, 3.05) is 13.1 Å². The third-order valence-corrected chi connectivity index (χ3v) is 4.02. The van der Waals surface area contributed by atoms with Crippen LogP contribution in [0, 0.1) is 5.92 Å². The van der Waals surface area contributed by atoms with E-state index >= 15 is 0 Å². The Morgan fingerprint density at radius 2 is 2.24 bits per heavy atom. The number of hydrogen-bond acceptors (Lipinski definition) is 4. The molecule has 0 amide bonds. The monoisotopic (exact) mass is 279 g/mol. The van der Waals surface area contributed by atoms with Crippen LogP contribution in [0.4, 0.5) is 0 Å². The van der Waals surface area contributed by atoms with Crippen LogP contribution in [0.2, 0.25) is 0 Å². The van der Waals surface area contributed by atoms with E-state index in [9.17, 15) is 0 Å². The van der Waals surface area contributed by atoms with Crippen LogP contribution in [-0.4, -0.2) is 32.4 Å². The Bertz CT molecular complexity index is 758. The fourth-order valence-corrected chi connectivity index (χ4v) is 2.94. The van der Waals surface area contributed by atoms with Crippen LogP contribution >= 0.6 is 0 Å². The number of nitrogens with one attached hydrogen (secondary N) is 1. The zero-order valence-electron chi connectivity index (χ0n) is 11.7. The number of pyridine rings is 1. The number of fused-ring (bicyclic) bond motifs is 1. The Kier molecular flexibility index (Phi) is 3.12. The maximum Gasteiger partial charge on any atom is 0.234 e. The minimum absolute atomic E-state index is 0.705. The molecule has 0 aliphatic carbocycles. The fraction of sp³-hybridized carbons (Fsp3) is 0.312. The predicted octanol–water partition coefficient (Wildman–Crippen LogP) is 1.94. The Balaban J connectivity index is 1.68. The average Bonchev–Trinajstić information content (AvgIpc) is 3.16. The summed E-state index contributed by atoms with van der Waals surface area (Å²) in [7, 11) is 0. The third-order valence-electron chi connectivity index (χ3n) is 4.02. The first kappa shape index (κ1) is 12.5. The van der Waals surface area contributed by atoms with E-state index in [4.69, 9.17) is 4.98 Å². The largest absolute Gasteiger partial charge is 0.316 e. The van der Waals surface area contributed by atoms with Gasteiger partial charge in [-0.05, 0) is 50.0 Å². The minimum Gasteiger partial charge on any atom is -0.316 e. The summed E-state index contributed by atoms with van der Waals surface area (Å²) in [5.41, 5.74) is 3.10. The second-order valence-corrected chi connectivity index (χ2v) is 5.51. The molecule has 5 heteroatoms. The zero-order valence-corrected chi connectivity index (χ0v) is 11.7. The summed E-state index contributed by atoms with van der Waals surface area (Å²) in [6.07, 6.45) is 7.84. The molecule has 0 spiro atoms. The molecule has 1 aliphatic rings. The molecule has 1 atom stereocenters. The maximum atomic E-state index is 4.81. The molecular formula is C16H17N5. The normalized spacial score (nSPS) is 18.4. The lowest BCUT2D eigenvalue weighted by Crippen LogP contribution is -2.11. The van der Waals surface area contributed by atoms with E-state index in [0.29, 0.717) is 11.7 Å². The second-order valence-electron chi connectivity index (χ2n) is 5.51. The SMILES string of the molecule is c1cc(CC2CCNC2)nc(-c2cnc3ncccn23)c1. The standard InChI is InChI=1S/C16H17N5/c1-3-13(9-12-5-7-17-10-12)20-14(4-1)15-11-19-16-18-6-2-8-21(15)16/h1-4,6,8,11-12,17H,5,7,9-10H2. The van der Waals surface area contributed by atoms with Gasteiger partial charge in [0.2, 0.25) is 5.78 Å². The lowest BCUT2D eigenvalue weighted by molar-refractivity contribution is 0.572. The molecule has 1 aliphatic heterocycles. The van der Waals surface area contributed by atoms with Crippen molar-refractivity contribution in [1.82, 2.24) is 24.7 Å². The number of imidazole rings is 1. The Hall–Kier alpha value is -2.27. The van der Waals surface area contributed by atoms with Crippen LogP contribution < -0.4 is 5.32 Å². The van der Waals surface area contributed by atoms with Gasteiger partial charge in [-0.1, -0.05) is 6.07 Å². The average molecular weight is 279 g/mol. The van der Waals surface area contributed by atoms with Crippen molar-refractivity contribution in [3.63, 3.8) is 0 Å². The molecule has 0 radical (unpaired) electrons. The van der Waals surface area contributed by atoms with E-state index in [1.165, 1.54) is 6.42 Å². The molecular weight excluding hydrogens is 262 g/mol. The summed E-state index contributed by atoms with van der Waals surface area (Å²) < 4.78 is 1.98. The summed E-state index contributed by atoms with van der Waals surface area (Å²) in [5, 5.41) is 3.41. The zero-order chi connectivity index (χ0) is 14.1. The molecule has 1 fully saturated rings. The van der Waals surface area contributed by atoms with Crippen LogP contribution in [-0.2, 0) is 6.42 Å². The summed E-state index contributed by atoms with van der Waals surface area (Å²) >= 11 is 0. The molecule has 3 aromatic rings. The second kappa shape index (κ2) is 5.26. The molecule has 21 heavy (non-hydrogen) atoms. The third kappa shape index (κ3) is 2.40. The molecule has 1 unspecified atom stereocenters. The highest BCUT2D eigenvalue weighted by Crippen LogP contribution is 2.20. The smallest absolute Gasteiger partial charge is 0.234 e. The van der Waals surface area contributed by atoms with Crippen LogP contribution in [0.1, 0.15) is 12.1 Å². The van der Waals surface area contributed by atoms with E-state index < -0.39 is 0 Å². The minimum atomic E-state index is 0.705. The molecule has 1 N–H and O–H groups in total. The van der Waals surface area contributed by atoms with E-state index in [-0.39, 0.29) is 0 Å². The molecule has 5 nitrogen and oxygen atoms in total. The van der Waals surface area contributed by atoms with E-state index in [0.717, 1.165) is 36.6 Å². The Morgan fingerprint density at radius 1 is 1.24 bits per heavy atom. The van der Waals surface area contributed by atoms with Gasteiger partial charge in [-0.3, -0.25) is 9.38 Å². The van der Waals surface area contributed by atoms with Gasteiger partial charge >= 0.3 is 0 Å². The van der Waals surface area contributed by atoms with Gasteiger partial charge in [0, 0.05) is 18.1 Å². The fourth-order valence-electron chi connectivity index (χ4n) is 2.94. The molecule has 4 heterocycles. The first-order valence-electron chi connectivity index (χ1n) is 7.35. The van der Waals surface area contributed by atoms with Crippen LogP contribution in [0.25, 0.3) is 17.2 Å². The van der Waals surface area contributed by atoms with E-state index in [1.807, 2.05) is 28.9 Å². The first-order chi connectivity index (χ1) is 10.4. The van der Waals surface area contributed by atoms with Gasteiger partial charge < -0.3 is 5.32 Å². The van der Waals surface area contributed by atoms with Gasteiger partial charge in [0.1, 0.15) is 0 Å². The van der Waals surface area contributed by atoms with Crippen LogP contribution in [0.15, 0.2) is 42.9 Å². The highest BCUT2D eigenvalue weighted by atomic mass is 15.1. The highest BCUT2D eigenvalue weighted by molar-refractivity contribution is 5.58. The summed E-state index contributed by atoms with van der Waals surface area (Å²) in [5.74, 6) is 1.41. The molecule has 0 bridgehead atoms. The molecule has 3 aromatic heterocycles. The Labute approximate surface area is 123 Å². The van der Waals surface area contributed by atoms with E-state index in [2.05, 4.69) is 27.4 Å². The number of hydrogen-bond donors (Lipinski definition) is 1. The lowest BCUT2D eigenvalue weighted by atomic mass is 10.0. The maximum absolute atomic E-state index is 4.81. The Morgan fingerprint density at radius 3 is 3.14 bits per heavy atom. The topological polar surface area (TPSA) is 55.1 Å².